The van der Waals surface area contributed by atoms with Crippen molar-refractivity contribution >= 4 is 33.2 Å². The van der Waals surface area contributed by atoms with Crippen molar-refractivity contribution < 1.29 is 8.42 Å². The maximum Gasteiger partial charge on any atom is 0.240 e. The quantitative estimate of drug-likeness (QED) is 0.810. The molecule has 5 nitrogen and oxygen atoms in total. The van der Waals surface area contributed by atoms with Crippen LogP contribution in [0.15, 0.2) is 23.1 Å². The van der Waals surface area contributed by atoms with Crippen LogP contribution in [0.25, 0.3) is 0 Å². The summed E-state index contributed by atoms with van der Waals surface area (Å²) in [6, 6.07) is 4.90. The van der Waals surface area contributed by atoms with Crippen LogP contribution in [-0.2, 0) is 10.0 Å². The van der Waals surface area contributed by atoms with E-state index in [0.717, 1.165) is 25.3 Å². The van der Waals surface area contributed by atoms with Crippen LogP contribution in [-0.4, -0.2) is 32.0 Å². The van der Waals surface area contributed by atoms with Gasteiger partial charge in [0, 0.05) is 29.3 Å². The molecule has 2 rings (SSSR count). The van der Waals surface area contributed by atoms with Gasteiger partial charge in [-0.15, -0.1) is 0 Å². The Bertz CT molecular complexity index is 600. The molecule has 0 aliphatic carbocycles. The van der Waals surface area contributed by atoms with Gasteiger partial charge in [0.05, 0.1) is 5.69 Å². The highest BCUT2D eigenvalue weighted by Crippen LogP contribution is 2.34. The summed E-state index contributed by atoms with van der Waals surface area (Å²) in [5, 5.41) is 5.31. The van der Waals surface area contributed by atoms with E-state index in [0.29, 0.717) is 11.4 Å². The summed E-state index contributed by atoms with van der Waals surface area (Å²) in [5.41, 5.74) is 6.74. The predicted molar refractivity (Wildman–Crippen MR) is 85.6 cm³/mol. The van der Waals surface area contributed by atoms with Crippen molar-refractivity contribution in [3.63, 3.8) is 0 Å². The van der Waals surface area contributed by atoms with Gasteiger partial charge in [0.25, 0.3) is 0 Å². The van der Waals surface area contributed by atoms with Crippen molar-refractivity contribution in [1.82, 2.24) is 0 Å². The number of hydrogen-bond donors (Lipinski definition) is 2. The molecule has 1 aliphatic rings. The Kier molecular flexibility index (Phi) is 4.22. The van der Waals surface area contributed by atoms with Crippen molar-refractivity contribution in [3.8, 4) is 0 Å². The molecule has 0 amide bonds. The van der Waals surface area contributed by atoms with Gasteiger partial charge in [-0.3, -0.25) is 0 Å². The molecular weight excluding hydrogens is 294 g/mol. The van der Waals surface area contributed by atoms with Gasteiger partial charge in [-0.05, 0) is 24.6 Å². The lowest BCUT2D eigenvalue weighted by atomic mass is 10.1. The van der Waals surface area contributed by atoms with Crippen molar-refractivity contribution in [3.05, 3.63) is 18.2 Å². The van der Waals surface area contributed by atoms with E-state index in [-0.39, 0.29) is 9.64 Å². The Balaban J connectivity index is 2.38. The minimum Gasteiger partial charge on any atom is -0.399 e. The maximum absolute atomic E-state index is 11.8. The predicted octanol–water partition coefficient (Wildman–Crippen LogP) is 1.64. The van der Waals surface area contributed by atoms with E-state index < -0.39 is 10.0 Å². The Labute approximate surface area is 124 Å². The van der Waals surface area contributed by atoms with Gasteiger partial charge in [-0.2, -0.15) is 11.8 Å². The van der Waals surface area contributed by atoms with Gasteiger partial charge in [0.1, 0.15) is 4.90 Å². The van der Waals surface area contributed by atoms with Crippen LogP contribution in [0.3, 0.4) is 0 Å². The molecule has 112 valence electrons. The fraction of sp³-hybridized carbons (Fsp3) is 0.538. The molecule has 7 heteroatoms. The summed E-state index contributed by atoms with van der Waals surface area (Å²) in [7, 11) is -3.77. The third kappa shape index (κ3) is 3.59. The minimum atomic E-state index is -3.77. The molecule has 1 aromatic rings. The average Bonchev–Trinajstić information content (AvgIpc) is 2.49. The maximum atomic E-state index is 11.8. The molecule has 0 radical (unpaired) electrons. The number of anilines is 2. The number of nitrogen functional groups attached to an aromatic ring is 1. The summed E-state index contributed by atoms with van der Waals surface area (Å²) in [6.45, 7) is 6.04. The summed E-state index contributed by atoms with van der Waals surface area (Å²) < 4.78 is 23.7. The Morgan fingerprint density at radius 2 is 2.00 bits per heavy atom. The lowest BCUT2D eigenvalue weighted by Gasteiger charge is -2.26. The number of primary sulfonamides is 1. The molecule has 1 heterocycles. The van der Waals surface area contributed by atoms with Crippen LogP contribution >= 0.6 is 11.8 Å². The van der Waals surface area contributed by atoms with E-state index >= 15 is 0 Å². The highest BCUT2D eigenvalue weighted by atomic mass is 32.2. The van der Waals surface area contributed by atoms with Crippen LogP contribution in [0.4, 0.5) is 11.4 Å². The molecule has 0 unspecified atom stereocenters. The third-order valence-electron chi connectivity index (χ3n) is 3.47. The first-order chi connectivity index (χ1) is 9.19. The molecule has 1 saturated heterocycles. The minimum absolute atomic E-state index is 0.113. The normalized spacial score (nSPS) is 19.6. The smallest absolute Gasteiger partial charge is 0.240 e. The monoisotopic (exact) mass is 315 g/mol. The summed E-state index contributed by atoms with van der Waals surface area (Å²) >= 11 is 1.91. The first-order valence-corrected chi connectivity index (χ1v) is 9.03. The average molecular weight is 315 g/mol. The molecule has 1 fully saturated rings. The highest BCUT2D eigenvalue weighted by Gasteiger charge is 2.26. The molecule has 20 heavy (non-hydrogen) atoms. The molecule has 0 bridgehead atoms. The lowest BCUT2D eigenvalue weighted by molar-refractivity contribution is 0.596. The van der Waals surface area contributed by atoms with Gasteiger partial charge < -0.3 is 10.6 Å². The molecule has 1 aliphatic heterocycles. The Hall–Kier alpha value is -0.920. The molecule has 1 aromatic carbocycles. The van der Waals surface area contributed by atoms with Crippen LogP contribution in [0.1, 0.15) is 20.3 Å². The van der Waals surface area contributed by atoms with Crippen LogP contribution in [0.5, 0.6) is 0 Å². The van der Waals surface area contributed by atoms with Crippen molar-refractivity contribution in [2.45, 2.75) is 29.9 Å². The van der Waals surface area contributed by atoms with Crippen molar-refractivity contribution in [2.24, 2.45) is 5.14 Å². The zero-order valence-corrected chi connectivity index (χ0v) is 13.4. The van der Waals surface area contributed by atoms with Crippen molar-refractivity contribution in [1.29, 1.82) is 0 Å². The SMILES string of the molecule is CC1(C)CCN(c2ccc(N)cc2S(N)(=O)=O)CCS1. The second-order valence-corrected chi connectivity index (χ2v) is 8.95. The Morgan fingerprint density at radius 3 is 2.65 bits per heavy atom. The van der Waals surface area contributed by atoms with Gasteiger partial charge in [0.15, 0.2) is 0 Å². The van der Waals surface area contributed by atoms with Gasteiger partial charge in [0.2, 0.25) is 10.0 Å². The van der Waals surface area contributed by atoms with Crippen LogP contribution < -0.4 is 15.8 Å². The molecular formula is C13H21N3O2S2. The number of sulfonamides is 1. The summed E-state index contributed by atoms with van der Waals surface area (Å²) in [5.74, 6) is 0.960. The van der Waals surface area contributed by atoms with Crippen molar-refractivity contribution in [2.75, 3.05) is 29.5 Å². The first-order valence-electron chi connectivity index (χ1n) is 6.50. The standard InChI is InChI=1S/C13H21N3O2S2/c1-13(2)5-6-16(7-8-19-13)11-4-3-10(14)9-12(11)20(15,17)18/h3-4,9H,5-8,14H2,1-2H3,(H2,15,17,18). The number of nitrogens with zero attached hydrogens (tertiary/aromatic N) is 1. The highest BCUT2D eigenvalue weighted by molar-refractivity contribution is 8.00. The lowest BCUT2D eigenvalue weighted by Crippen LogP contribution is -2.29. The molecule has 4 N–H and O–H groups in total. The number of hydrogen-bond acceptors (Lipinski definition) is 5. The largest absolute Gasteiger partial charge is 0.399 e. The first kappa shape index (κ1) is 15.5. The van der Waals surface area contributed by atoms with Gasteiger partial charge in [-0.1, -0.05) is 13.8 Å². The van der Waals surface area contributed by atoms with Gasteiger partial charge >= 0.3 is 0 Å². The zero-order valence-electron chi connectivity index (χ0n) is 11.8. The van der Waals surface area contributed by atoms with Crippen LogP contribution in [0, 0.1) is 0 Å². The van der Waals surface area contributed by atoms with E-state index in [1.807, 2.05) is 11.8 Å². The number of benzene rings is 1. The molecule has 0 saturated carbocycles. The molecule has 0 atom stereocenters. The molecule has 0 spiro atoms. The summed E-state index contributed by atoms with van der Waals surface area (Å²) in [4.78, 5) is 2.20. The van der Waals surface area contributed by atoms with Gasteiger partial charge in [-0.25, -0.2) is 13.6 Å². The number of nitrogens with two attached hydrogens (primary N) is 2. The fourth-order valence-corrected chi connectivity index (χ4v) is 4.17. The number of thioether (sulfide) groups is 1. The Morgan fingerprint density at radius 1 is 1.30 bits per heavy atom. The zero-order chi connectivity index (χ0) is 15.0. The second-order valence-electron chi connectivity index (χ2n) is 5.62. The summed E-state index contributed by atoms with van der Waals surface area (Å²) in [6.07, 6.45) is 0.992. The van der Waals surface area contributed by atoms with E-state index in [4.69, 9.17) is 10.9 Å². The van der Waals surface area contributed by atoms with E-state index in [9.17, 15) is 8.42 Å². The van der Waals surface area contributed by atoms with Crippen LogP contribution in [0.2, 0.25) is 0 Å². The topological polar surface area (TPSA) is 89.4 Å². The molecule has 0 aromatic heterocycles. The fourth-order valence-electron chi connectivity index (χ4n) is 2.28. The third-order valence-corrected chi connectivity index (χ3v) is 5.78. The van der Waals surface area contributed by atoms with E-state index in [1.165, 1.54) is 6.07 Å². The van der Waals surface area contributed by atoms with E-state index in [1.54, 1.807) is 12.1 Å². The second kappa shape index (κ2) is 5.46. The van der Waals surface area contributed by atoms with E-state index in [2.05, 4.69) is 18.7 Å². The number of rotatable bonds is 2.